The van der Waals surface area contributed by atoms with Crippen LogP contribution in [0.1, 0.15) is 35.2 Å². The van der Waals surface area contributed by atoms with Crippen LogP contribution in [0.15, 0.2) is 18.2 Å². The molecule has 0 spiro atoms. The van der Waals surface area contributed by atoms with Crippen LogP contribution in [0.3, 0.4) is 0 Å². The molecule has 0 radical (unpaired) electrons. The molecular formula is C15H18N2O3. The summed E-state index contributed by atoms with van der Waals surface area (Å²) in [7, 11) is 0. The Morgan fingerprint density at radius 3 is 3.15 bits per heavy atom. The molecule has 0 aromatic heterocycles. The van der Waals surface area contributed by atoms with Gasteiger partial charge in [0.15, 0.2) is 0 Å². The predicted molar refractivity (Wildman–Crippen MR) is 74.7 cm³/mol. The Labute approximate surface area is 117 Å². The maximum absolute atomic E-state index is 12.0. The molecule has 1 aromatic rings. The van der Waals surface area contributed by atoms with Crippen LogP contribution in [0.5, 0.6) is 0 Å². The average molecular weight is 274 g/mol. The third-order valence-corrected chi connectivity index (χ3v) is 3.77. The van der Waals surface area contributed by atoms with Crippen molar-refractivity contribution in [2.75, 3.05) is 18.5 Å². The molecule has 0 saturated carbocycles. The molecular weight excluding hydrogens is 256 g/mol. The first-order valence-corrected chi connectivity index (χ1v) is 7.05. The molecule has 2 N–H and O–H groups in total. The summed E-state index contributed by atoms with van der Waals surface area (Å²) < 4.78 is 5.51. The Balaban J connectivity index is 1.54. The van der Waals surface area contributed by atoms with Gasteiger partial charge in [0, 0.05) is 24.4 Å². The number of benzene rings is 1. The summed E-state index contributed by atoms with van der Waals surface area (Å²) in [5, 5.41) is 5.65. The number of fused-ring (bicyclic) bond motifs is 1. The number of anilines is 1. The highest BCUT2D eigenvalue weighted by Gasteiger charge is 2.19. The lowest BCUT2D eigenvalue weighted by Gasteiger charge is -2.10. The number of hydrogen-bond donors (Lipinski definition) is 2. The highest BCUT2D eigenvalue weighted by molar-refractivity contribution is 6.02. The number of ether oxygens (including phenoxy) is 1. The quantitative estimate of drug-likeness (QED) is 0.874. The highest BCUT2D eigenvalue weighted by atomic mass is 16.5. The van der Waals surface area contributed by atoms with E-state index in [4.69, 9.17) is 4.74 Å². The molecule has 2 heterocycles. The van der Waals surface area contributed by atoms with E-state index in [1.54, 1.807) is 12.1 Å². The zero-order valence-corrected chi connectivity index (χ0v) is 11.3. The van der Waals surface area contributed by atoms with Crippen LogP contribution < -0.4 is 10.6 Å². The minimum atomic E-state index is -0.105. The molecule has 1 aromatic carbocycles. The summed E-state index contributed by atoms with van der Waals surface area (Å²) in [6, 6.07) is 5.34. The van der Waals surface area contributed by atoms with Crippen molar-refractivity contribution in [2.45, 2.75) is 31.8 Å². The molecule has 0 bridgehead atoms. The zero-order chi connectivity index (χ0) is 13.9. The van der Waals surface area contributed by atoms with Gasteiger partial charge in [0.25, 0.3) is 5.91 Å². The Bertz CT molecular complexity index is 536. The Morgan fingerprint density at radius 2 is 2.35 bits per heavy atom. The van der Waals surface area contributed by atoms with E-state index in [9.17, 15) is 9.59 Å². The minimum absolute atomic E-state index is 0.0176. The second-order valence-electron chi connectivity index (χ2n) is 5.28. The van der Waals surface area contributed by atoms with Crippen molar-refractivity contribution in [3.8, 4) is 0 Å². The smallest absolute Gasteiger partial charge is 0.251 e. The first kappa shape index (κ1) is 13.1. The normalized spacial score (nSPS) is 20.6. The lowest BCUT2D eigenvalue weighted by Crippen LogP contribution is -2.27. The topological polar surface area (TPSA) is 67.4 Å². The molecule has 2 aliphatic rings. The second-order valence-corrected chi connectivity index (χ2v) is 5.28. The van der Waals surface area contributed by atoms with Crippen LogP contribution in [-0.4, -0.2) is 31.1 Å². The molecule has 1 fully saturated rings. The van der Waals surface area contributed by atoms with E-state index in [-0.39, 0.29) is 17.9 Å². The van der Waals surface area contributed by atoms with Crippen molar-refractivity contribution in [1.82, 2.24) is 5.32 Å². The Kier molecular flexibility index (Phi) is 3.69. The highest BCUT2D eigenvalue weighted by Crippen LogP contribution is 2.24. The molecule has 0 aliphatic carbocycles. The summed E-state index contributed by atoms with van der Waals surface area (Å²) in [5.74, 6) is -0.122. The molecule has 1 atom stereocenters. The molecule has 2 aliphatic heterocycles. The van der Waals surface area contributed by atoms with Gasteiger partial charge in [-0.2, -0.15) is 0 Å². The molecule has 1 saturated heterocycles. The summed E-state index contributed by atoms with van der Waals surface area (Å²) in [5.41, 5.74) is 2.28. The number of carbonyl (C=O) groups excluding carboxylic acids is 2. The standard InChI is InChI=1S/C15H18N2O3/c18-14-9-10-3-4-11(8-13(10)17-14)15(19)16-6-5-12-2-1-7-20-12/h3-4,8,12H,1-2,5-7,9H2,(H,16,19)(H,17,18). The van der Waals surface area contributed by atoms with Gasteiger partial charge in [0.1, 0.15) is 0 Å². The monoisotopic (exact) mass is 274 g/mol. The second kappa shape index (κ2) is 5.63. The molecule has 1 unspecified atom stereocenters. The summed E-state index contributed by atoms with van der Waals surface area (Å²) in [4.78, 5) is 23.3. The third-order valence-electron chi connectivity index (χ3n) is 3.77. The molecule has 3 rings (SSSR count). The number of carbonyl (C=O) groups is 2. The van der Waals surface area contributed by atoms with Crippen molar-refractivity contribution < 1.29 is 14.3 Å². The first-order chi connectivity index (χ1) is 9.72. The van der Waals surface area contributed by atoms with E-state index >= 15 is 0 Å². The van der Waals surface area contributed by atoms with Crippen molar-refractivity contribution >= 4 is 17.5 Å². The molecule has 5 nitrogen and oxygen atoms in total. The lowest BCUT2D eigenvalue weighted by molar-refractivity contribution is -0.115. The van der Waals surface area contributed by atoms with E-state index in [2.05, 4.69) is 10.6 Å². The number of hydrogen-bond acceptors (Lipinski definition) is 3. The third kappa shape index (κ3) is 2.82. The summed E-state index contributed by atoms with van der Waals surface area (Å²) in [6.07, 6.45) is 3.74. The lowest BCUT2D eigenvalue weighted by atomic mass is 10.1. The van der Waals surface area contributed by atoms with Crippen molar-refractivity contribution in [3.05, 3.63) is 29.3 Å². The molecule has 2 amide bonds. The van der Waals surface area contributed by atoms with Crippen LogP contribution in [0.25, 0.3) is 0 Å². The van der Waals surface area contributed by atoms with Crippen LogP contribution in [0.4, 0.5) is 5.69 Å². The van der Waals surface area contributed by atoms with Gasteiger partial charge >= 0.3 is 0 Å². The van der Waals surface area contributed by atoms with Gasteiger partial charge in [-0.3, -0.25) is 9.59 Å². The van der Waals surface area contributed by atoms with E-state index in [0.29, 0.717) is 18.5 Å². The van der Waals surface area contributed by atoms with Crippen LogP contribution in [0, 0.1) is 0 Å². The summed E-state index contributed by atoms with van der Waals surface area (Å²) >= 11 is 0. The predicted octanol–water partition coefficient (Wildman–Crippen LogP) is 1.48. The number of amides is 2. The van der Waals surface area contributed by atoms with Crippen LogP contribution in [-0.2, 0) is 16.0 Å². The van der Waals surface area contributed by atoms with E-state index in [0.717, 1.165) is 37.1 Å². The fraction of sp³-hybridized carbons (Fsp3) is 0.467. The van der Waals surface area contributed by atoms with Gasteiger partial charge in [-0.15, -0.1) is 0 Å². The maximum atomic E-state index is 12.0. The van der Waals surface area contributed by atoms with Crippen molar-refractivity contribution in [1.29, 1.82) is 0 Å². The molecule has 106 valence electrons. The number of nitrogens with one attached hydrogen (secondary N) is 2. The fourth-order valence-electron chi connectivity index (χ4n) is 2.68. The average Bonchev–Trinajstić information content (AvgIpc) is 3.05. The van der Waals surface area contributed by atoms with Gasteiger partial charge in [-0.1, -0.05) is 6.07 Å². The number of rotatable bonds is 4. The Morgan fingerprint density at radius 1 is 1.45 bits per heavy atom. The minimum Gasteiger partial charge on any atom is -0.378 e. The van der Waals surface area contributed by atoms with Gasteiger partial charge in [0.05, 0.1) is 12.5 Å². The van der Waals surface area contributed by atoms with Gasteiger partial charge in [-0.05, 0) is 37.0 Å². The first-order valence-electron chi connectivity index (χ1n) is 7.05. The largest absolute Gasteiger partial charge is 0.378 e. The van der Waals surface area contributed by atoms with E-state index in [1.165, 1.54) is 0 Å². The Hall–Kier alpha value is -1.88. The molecule has 5 heteroatoms. The van der Waals surface area contributed by atoms with Gasteiger partial charge < -0.3 is 15.4 Å². The van der Waals surface area contributed by atoms with Crippen LogP contribution >= 0.6 is 0 Å². The van der Waals surface area contributed by atoms with Crippen molar-refractivity contribution in [3.63, 3.8) is 0 Å². The van der Waals surface area contributed by atoms with Gasteiger partial charge in [-0.25, -0.2) is 0 Å². The van der Waals surface area contributed by atoms with Crippen molar-refractivity contribution in [2.24, 2.45) is 0 Å². The summed E-state index contributed by atoms with van der Waals surface area (Å²) in [6.45, 7) is 1.45. The van der Waals surface area contributed by atoms with Crippen LogP contribution in [0.2, 0.25) is 0 Å². The molecule has 20 heavy (non-hydrogen) atoms. The van der Waals surface area contributed by atoms with E-state index in [1.807, 2.05) is 6.07 Å². The maximum Gasteiger partial charge on any atom is 0.251 e. The SMILES string of the molecule is O=C1Cc2ccc(C(=O)NCCC3CCCO3)cc2N1. The van der Waals surface area contributed by atoms with E-state index < -0.39 is 0 Å². The fourth-order valence-corrected chi connectivity index (χ4v) is 2.68. The zero-order valence-electron chi connectivity index (χ0n) is 11.3. The van der Waals surface area contributed by atoms with Gasteiger partial charge in [0.2, 0.25) is 5.91 Å².